The Bertz CT molecular complexity index is 4960. The minimum atomic E-state index is -0.218. The van der Waals surface area contributed by atoms with E-state index in [2.05, 4.69) is 341 Å². The summed E-state index contributed by atoms with van der Waals surface area (Å²) < 4.78 is 2.60. The number of thiophene rings is 1. The number of hydrogen-bond donors (Lipinski definition) is 0. The van der Waals surface area contributed by atoms with Crippen LogP contribution in [0, 0.1) is 0 Å². The van der Waals surface area contributed by atoms with E-state index < -0.39 is 0 Å². The molecule has 0 spiro atoms. The monoisotopic (exact) mass is 1150 g/mol. The van der Waals surface area contributed by atoms with Gasteiger partial charge in [0.1, 0.15) is 0 Å². The lowest BCUT2D eigenvalue weighted by Crippen LogP contribution is -2.17. The second-order valence-electron chi connectivity index (χ2n) is 25.3. The largest absolute Gasteiger partial charge is 0.309 e. The van der Waals surface area contributed by atoms with Gasteiger partial charge in [0, 0.05) is 63.9 Å². The molecule has 0 unspecified atom stereocenters. The molecule has 89 heavy (non-hydrogen) atoms. The number of fused-ring (bicyclic) bond motifs is 13. The molecule has 17 rings (SSSR count). The summed E-state index contributed by atoms with van der Waals surface area (Å²) in [6.45, 7) is 9.57. The summed E-state index contributed by atoms with van der Waals surface area (Å²) in [7, 11) is 0. The van der Waals surface area contributed by atoms with Crippen molar-refractivity contribution in [2.45, 2.75) is 38.5 Å². The van der Waals surface area contributed by atoms with Crippen molar-refractivity contribution in [3.05, 3.63) is 324 Å². The molecule has 0 aliphatic heterocycles. The third kappa shape index (κ3) is 8.67. The van der Waals surface area contributed by atoms with Crippen molar-refractivity contribution in [2.75, 3.05) is 9.80 Å². The Morgan fingerprint density at radius 2 is 0.539 bits per heavy atom. The zero-order valence-corrected chi connectivity index (χ0v) is 51.0. The fourth-order valence-electron chi connectivity index (χ4n) is 14.8. The van der Waals surface area contributed by atoms with Gasteiger partial charge in [-0.1, -0.05) is 258 Å². The topological polar surface area (TPSA) is 6.48 Å². The number of benzene rings is 14. The van der Waals surface area contributed by atoms with Gasteiger partial charge in [0.15, 0.2) is 0 Å². The number of hydrogen-bond acceptors (Lipinski definition) is 3. The fourth-order valence-corrected chi connectivity index (χ4v) is 15.9. The Kier molecular flexibility index (Phi) is 12.2. The van der Waals surface area contributed by atoms with Crippen LogP contribution in [0.2, 0.25) is 0 Å². The van der Waals surface area contributed by atoms with Gasteiger partial charge >= 0.3 is 0 Å². The summed E-state index contributed by atoms with van der Waals surface area (Å²) in [4.78, 5) is 4.95. The molecular formula is C86H62N2S. The first-order valence-corrected chi connectivity index (χ1v) is 31.9. The molecule has 1 heterocycles. The first kappa shape index (κ1) is 52.7. The van der Waals surface area contributed by atoms with Crippen LogP contribution in [0.3, 0.4) is 0 Å². The maximum absolute atomic E-state index is 2.47. The predicted octanol–water partition coefficient (Wildman–Crippen LogP) is 24.6. The van der Waals surface area contributed by atoms with Crippen LogP contribution < -0.4 is 9.80 Å². The molecule has 2 aliphatic rings. The molecule has 0 atom stereocenters. The molecule has 0 saturated heterocycles. The Hall–Kier alpha value is -10.6. The highest BCUT2D eigenvalue weighted by molar-refractivity contribution is 7.25. The van der Waals surface area contributed by atoms with Crippen LogP contribution in [0.5, 0.6) is 0 Å². The SMILES string of the molecule is CC1(C)c2cc(/C=C/c3ccc4sc5ccc(/C=C/c6ccc7c(c6)C(C)(C)c6cc(N(c8cccc9ccccc89)c8cccc9ccccc89)ccc6-7)cc5c4c3)ccc2-c2ccc(N(c3cccc4ccccc34)c3cccc4ccccc34)cc21. The molecule has 15 aromatic rings. The van der Waals surface area contributed by atoms with Gasteiger partial charge in [-0.05, 0) is 161 Å². The van der Waals surface area contributed by atoms with Crippen LogP contribution in [0.4, 0.5) is 34.1 Å². The maximum atomic E-state index is 2.47. The molecule has 422 valence electrons. The van der Waals surface area contributed by atoms with Crippen molar-refractivity contribution in [1.29, 1.82) is 0 Å². The number of nitrogens with zero attached hydrogens (tertiary/aromatic N) is 2. The highest BCUT2D eigenvalue weighted by Gasteiger charge is 2.38. The summed E-state index contributed by atoms with van der Waals surface area (Å²) in [5.41, 5.74) is 22.0. The zero-order valence-electron chi connectivity index (χ0n) is 50.2. The van der Waals surface area contributed by atoms with Crippen molar-refractivity contribution < 1.29 is 0 Å². The number of rotatable bonds is 10. The van der Waals surface area contributed by atoms with Crippen LogP contribution in [0.1, 0.15) is 72.2 Å². The predicted molar refractivity (Wildman–Crippen MR) is 385 cm³/mol. The van der Waals surface area contributed by atoms with E-state index in [1.54, 1.807) is 0 Å². The van der Waals surface area contributed by atoms with Gasteiger partial charge in [-0.15, -0.1) is 11.3 Å². The summed E-state index contributed by atoms with van der Waals surface area (Å²) >= 11 is 1.87. The Morgan fingerprint density at radius 1 is 0.258 bits per heavy atom. The summed E-state index contributed by atoms with van der Waals surface area (Å²) in [5, 5.41) is 12.4. The summed E-state index contributed by atoms with van der Waals surface area (Å²) in [6.07, 6.45) is 9.16. The van der Waals surface area contributed by atoms with Crippen LogP contribution >= 0.6 is 11.3 Å². The first-order valence-electron chi connectivity index (χ1n) is 31.0. The first-order chi connectivity index (χ1) is 43.6. The van der Waals surface area contributed by atoms with Crippen molar-refractivity contribution in [2.24, 2.45) is 0 Å². The lowest BCUT2D eigenvalue weighted by Gasteiger charge is -2.30. The molecule has 0 bridgehead atoms. The van der Waals surface area contributed by atoms with Gasteiger partial charge in [0.25, 0.3) is 0 Å². The van der Waals surface area contributed by atoms with E-state index in [-0.39, 0.29) is 10.8 Å². The molecule has 3 heteroatoms. The standard InChI is InChI=1S/C86H62N2S/c1-85(2)75-51-57(37-43-69(75)71-45-41-63(53-77(71)85)87(79-29-13-21-59-17-5-9-25-65(59)79)80-30-14-22-60-18-6-10-26-66(60)80)35-33-55-39-47-83-73(49-55)74-50-56(40-48-84(74)89-83)34-36-58-38-44-70-72-46-42-64(54-78(72)86(3,4)76(70)52-58)88(81-31-15-23-61-19-7-11-27-67(61)81)82-32-16-24-62-20-8-12-28-68(62)82/h5-54H,1-4H3/b35-33+,36-34+. The van der Waals surface area contributed by atoms with Crippen molar-refractivity contribution in [3.63, 3.8) is 0 Å². The number of anilines is 6. The normalized spacial score (nSPS) is 13.7. The molecule has 1 aromatic heterocycles. The average Bonchev–Trinajstić information content (AvgIpc) is 1.65. The Labute approximate surface area is 523 Å². The minimum absolute atomic E-state index is 0.218. The smallest absolute Gasteiger partial charge is 0.0540 e. The van der Waals surface area contributed by atoms with Crippen molar-refractivity contribution in [3.8, 4) is 22.3 Å². The van der Waals surface area contributed by atoms with Crippen LogP contribution in [0.25, 0.3) is 110 Å². The maximum Gasteiger partial charge on any atom is 0.0540 e. The second kappa shape index (κ2) is 20.5. The van der Waals surface area contributed by atoms with Gasteiger partial charge < -0.3 is 9.80 Å². The molecule has 0 amide bonds. The van der Waals surface area contributed by atoms with Crippen molar-refractivity contribution >= 4 is 133 Å². The molecule has 0 N–H and O–H groups in total. The van der Waals surface area contributed by atoms with Gasteiger partial charge in [-0.25, -0.2) is 0 Å². The lowest BCUT2D eigenvalue weighted by atomic mass is 9.81. The quantitative estimate of drug-likeness (QED) is 0.126. The minimum Gasteiger partial charge on any atom is -0.309 e. The molecule has 2 aliphatic carbocycles. The van der Waals surface area contributed by atoms with Crippen LogP contribution in [0.15, 0.2) is 279 Å². The zero-order chi connectivity index (χ0) is 59.5. The van der Waals surface area contributed by atoms with E-state index >= 15 is 0 Å². The lowest BCUT2D eigenvalue weighted by molar-refractivity contribution is 0.660. The molecule has 0 fully saturated rings. The Morgan fingerprint density at radius 3 is 0.888 bits per heavy atom. The van der Waals surface area contributed by atoms with E-state index in [9.17, 15) is 0 Å². The third-order valence-electron chi connectivity index (χ3n) is 19.4. The molecule has 0 saturated carbocycles. The van der Waals surface area contributed by atoms with Crippen LogP contribution in [-0.2, 0) is 10.8 Å². The van der Waals surface area contributed by atoms with Crippen LogP contribution in [-0.4, -0.2) is 0 Å². The highest BCUT2D eigenvalue weighted by atomic mass is 32.1. The highest BCUT2D eigenvalue weighted by Crippen LogP contribution is 2.54. The van der Waals surface area contributed by atoms with Gasteiger partial charge in [-0.2, -0.15) is 0 Å². The van der Waals surface area contributed by atoms with Crippen molar-refractivity contribution in [1.82, 2.24) is 0 Å². The Balaban J connectivity index is 0.647. The molecule has 14 aromatic carbocycles. The average molecular weight is 1160 g/mol. The van der Waals surface area contributed by atoms with Gasteiger partial charge in [0.05, 0.1) is 22.7 Å². The summed E-state index contributed by atoms with van der Waals surface area (Å²) in [5.74, 6) is 0. The molecular weight excluding hydrogens is 1090 g/mol. The second-order valence-corrected chi connectivity index (χ2v) is 26.3. The van der Waals surface area contributed by atoms with Gasteiger partial charge in [0.2, 0.25) is 0 Å². The van der Waals surface area contributed by atoms with Gasteiger partial charge in [-0.3, -0.25) is 0 Å². The fraction of sp³-hybridized carbons (Fsp3) is 0.0698. The third-order valence-corrected chi connectivity index (χ3v) is 20.5. The molecule has 2 nitrogen and oxygen atoms in total. The van der Waals surface area contributed by atoms with E-state index in [0.717, 1.165) is 11.4 Å². The summed E-state index contributed by atoms with van der Waals surface area (Å²) in [6, 6.07) is 104. The van der Waals surface area contributed by atoms with E-state index in [1.807, 2.05) is 11.3 Å². The van der Waals surface area contributed by atoms with E-state index in [0.29, 0.717) is 0 Å². The molecule has 0 radical (unpaired) electrons. The van der Waals surface area contributed by atoms with E-state index in [4.69, 9.17) is 0 Å². The van der Waals surface area contributed by atoms with E-state index in [1.165, 1.54) is 153 Å².